The van der Waals surface area contributed by atoms with E-state index in [0.717, 1.165) is 13.1 Å². The molecular weight excluding hydrogens is 208 g/mol. The van der Waals surface area contributed by atoms with Gasteiger partial charge in [-0.15, -0.1) is 0 Å². The van der Waals surface area contributed by atoms with Gasteiger partial charge in [0.15, 0.2) is 0 Å². The van der Waals surface area contributed by atoms with Crippen molar-refractivity contribution < 1.29 is 0 Å². The van der Waals surface area contributed by atoms with E-state index in [1.54, 1.807) is 0 Å². The van der Waals surface area contributed by atoms with Crippen LogP contribution in [-0.4, -0.2) is 25.0 Å². The average Bonchev–Trinajstić information content (AvgIpc) is 2.87. The molecule has 0 atom stereocenters. The second-order valence-corrected chi connectivity index (χ2v) is 5.27. The molecule has 0 aromatic heterocycles. The van der Waals surface area contributed by atoms with Crippen molar-refractivity contribution in [3.8, 4) is 0 Å². The zero-order valence-corrected chi connectivity index (χ0v) is 11.7. The summed E-state index contributed by atoms with van der Waals surface area (Å²) < 4.78 is 0. The summed E-state index contributed by atoms with van der Waals surface area (Å²) in [6.07, 6.45) is 6.17. The molecule has 2 aliphatic heterocycles. The van der Waals surface area contributed by atoms with E-state index in [2.05, 4.69) is 56.8 Å². The minimum Gasteiger partial charge on any atom is -0.289 e. The van der Waals surface area contributed by atoms with Gasteiger partial charge in [-0.1, -0.05) is 33.3 Å². The van der Waals surface area contributed by atoms with Crippen molar-refractivity contribution in [1.82, 2.24) is 0 Å². The van der Waals surface area contributed by atoms with Crippen LogP contribution in [0.1, 0.15) is 34.6 Å². The molecule has 2 rings (SSSR count). The van der Waals surface area contributed by atoms with Crippen LogP contribution in [0.4, 0.5) is 0 Å². The Hall–Kier alpha value is -1.18. The Labute approximate surface area is 105 Å². The Kier molecular flexibility index (Phi) is 5.33. The third-order valence-electron chi connectivity index (χ3n) is 2.91. The second-order valence-electron chi connectivity index (χ2n) is 5.27. The lowest BCUT2D eigenvalue weighted by molar-refractivity contribution is 0.754. The van der Waals surface area contributed by atoms with Gasteiger partial charge in [0, 0.05) is 11.9 Å². The van der Waals surface area contributed by atoms with E-state index in [1.807, 2.05) is 6.21 Å². The Bertz CT molecular complexity index is 368. The van der Waals surface area contributed by atoms with Crippen LogP contribution in [0, 0.1) is 11.8 Å². The first-order valence-electron chi connectivity index (χ1n) is 6.41. The predicted molar refractivity (Wildman–Crippen MR) is 77.2 cm³/mol. The molecule has 0 saturated heterocycles. The number of aliphatic imine (C=N–C) groups is 2. The highest BCUT2D eigenvalue weighted by atomic mass is 14.8. The number of hydrogen-bond acceptors (Lipinski definition) is 2. The van der Waals surface area contributed by atoms with Crippen LogP contribution in [-0.2, 0) is 0 Å². The highest BCUT2D eigenvalue weighted by Crippen LogP contribution is 2.11. The van der Waals surface area contributed by atoms with Gasteiger partial charge >= 0.3 is 0 Å². The maximum atomic E-state index is 4.34. The predicted octanol–water partition coefficient (Wildman–Crippen LogP) is 3.70. The molecule has 0 aliphatic carbocycles. The van der Waals surface area contributed by atoms with Gasteiger partial charge in [-0.3, -0.25) is 9.98 Å². The summed E-state index contributed by atoms with van der Waals surface area (Å²) in [5.41, 5.74) is 4.09. The van der Waals surface area contributed by atoms with Crippen LogP contribution < -0.4 is 0 Å². The van der Waals surface area contributed by atoms with E-state index in [1.165, 1.54) is 16.9 Å². The maximum Gasteiger partial charge on any atom is 0.0605 e. The molecule has 0 radical (unpaired) electrons. The van der Waals surface area contributed by atoms with Gasteiger partial charge in [-0.25, -0.2) is 0 Å². The van der Waals surface area contributed by atoms with Crippen LogP contribution in [0.25, 0.3) is 0 Å². The van der Waals surface area contributed by atoms with Crippen LogP contribution in [0.2, 0.25) is 0 Å². The molecule has 0 spiro atoms. The van der Waals surface area contributed by atoms with Crippen molar-refractivity contribution in [3.05, 3.63) is 23.3 Å². The minimum absolute atomic E-state index is 0.599. The molecule has 17 heavy (non-hydrogen) atoms. The van der Waals surface area contributed by atoms with Gasteiger partial charge in [0.2, 0.25) is 0 Å². The van der Waals surface area contributed by atoms with Gasteiger partial charge in [0.1, 0.15) is 0 Å². The topological polar surface area (TPSA) is 24.7 Å². The van der Waals surface area contributed by atoms with E-state index in [9.17, 15) is 0 Å². The quantitative estimate of drug-likeness (QED) is 0.693. The van der Waals surface area contributed by atoms with Crippen LogP contribution in [0.15, 0.2) is 33.3 Å². The summed E-state index contributed by atoms with van der Waals surface area (Å²) in [5, 5.41) is 0. The van der Waals surface area contributed by atoms with E-state index >= 15 is 0 Å². The lowest BCUT2D eigenvalue weighted by atomic mass is 10.1. The first kappa shape index (κ1) is 13.9. The Morgan fingerprint density at radius 1 is 1.06 bits per heavy atom. The van der Waals surface area contributed by atoms with Crippen molar-refractivity contribution in [2.75, 3.05) is 13.1 Å². The fourth-order valence-corrected chi connectivity index (χ4v) is 1.64. The van der Waals surface area contributed by atoms with Crippen molar-refractivity contribution in [3.63, 3.8) is 0 Å². The normalized spacial score (nSPS) is 17.9. The highest BCUT2D eigenvalue weighted by Gasteiger charge is 2.06. The fourth-order valence-electron chi connectivity index (χ4n) is 1.64. The van der Waals surface area contributed by atoms with Crippen LogP contribution in [0.5, 0.6) is 0 Å². The Morgan fingerprint density at radius 2 is 1.76 bits per heavy atom. The number of hydrogen-bond donors (Lipinski definition) is 0. The molecule has 94 valence electrons. The molecule has 0 aromatic rings. The monoisotopic (exact) mass is 232 g/mol. The van der Waals surface area contributed by atoms with Gasteiger partial charge in [-0.2, -0.15) is 0 Å². The van der Waals surface area contributed by atoms with Crippen molar-refractivity contribution in [2.24, 2.45) is 21.8 Å². The van der Waals surface area contributed by atoms with Crippen molar-refractivity contribution >= 4 is 11.9 Å². The van der Waals surface area contributed by atoms with Crippen molar-refractivity contribution in [2.45, 2.75) is 34.6 Å². The third-order valence-corrected chi connectivity index (χ3v) is 2.91. The summed E-state index contributed by atoms with van der Waals surface area (Å²) in [5.74, 6) is 1.28. The lowest BCUT2D eigenvalue weighted by Gasteiger charge is -2.01. The number of rotatable bonds is 2. The SMILES string of the molecule is CC(C)C1=CC=NC1.CC1=CC(C(C)C)=NC1. The fraction of sp³-hybridized carbons (Fsp3) is 0.600. The third kappa shape index (κ3) is 4.68. The van der Waals surface area contributed by atoms with Crippen molar-refractivity contribution in [1.29, 1.82) is 0 Å². The molecule has 2 heterocycles. The molecule has 2 nitrogen and oxygen atoms in total. The van der Waals surface area contributed by atoms with E-state index in [4.69, 9.17) is 0 Å². The Morgan fingerprint density at radius 3 is 2.00 bits per heavy atom. The molecule has 2 heteroatoms. The van der Waals surface area contributed by atoms with E-state index < -0.39 is 0 Å². The molecule has 2 aliphatic rings. The smallest absolute Gasteiger partial charge is 0.0605 e. The molecular formula is C15H24N2. The number of allylic oxidation sites excluding steroid dienone is 2. The summed E-state index contributed by atoms with van der Waals surface area (Å²) >= 11 is 0. The Balaban J connectivity index is 0.000000171. The molecule has 0 aromatic carbocycles. The lowest BCUT2D eigenvalue weighted by Crippen LogP contribution is -2.00. The molecule has 0 bridgehead atoms. The zero-order chi connectivity index (χ0) is 12.8. The first-order valence-corrected chi connectivity index (χ1v) is 6.41. The largest absolute Gasteiger partial charge is 0.289 e. The standard InChI is InChI=1S/C8H13N.C7H11N/c1-6(2)8-4-7(3)5-9-8;1-6(2)7-3-4-8-5-7/h4,6H,5H2,1-3H3;3-4,6H,5H2,1-2H3. The van der Waals surface area contributed by atoms with Gasteiger partial charge in [0.25, 0.3) is 0 Å². The molecule has 0 unspecified atom stereocenters. The summed E-state index contributed by atoms with van der Waals surface area (Å²) in [6, 6.07) is 0. The molecule has 0 amide bonds. The average molecular weight is 232 g/mol. The highest BCUT2D eigenvalue weighted by molar-refractivity contribution is 5.98. The first-order chi connectivity index (χ1) is 8.00. The zero-order valence-electron chi connectivity index (χ0n) is 11.7. The molecule has 0 N–H and O–H groups in total. The maximum absolute atomic E-state index is 4.34. The number of nitrogens with zero attached hydrogens (tertiary/aromatic N) is 2. The van der Waals surface area contributed by atoms with Gasteiger partial charge in [0.05, 0.1) is 13.1 Å². The van der Waals surface area contributed by atoms with E-state index in [0.29, 0.717) is 11.8 Å². The van der Waals surface area contributed by atoms with Gasteiger partial charge in [-0.05, 0) is 36.5 Å². The van der Waals surface area contributed by atoms with Crippen LogP contribution in [0.3, 0.4) is 0 Å². The van der Waals surface area contributed by atoms with Crippen LogP contribution >= 0.6 is 0 Å². The summed E-state index contributed by atoms with van der Waals surface area (Å²) in [6.45, 7) is 12.7. The summed E-state index contributed by atoms with van der Waals surface area (Å²) in [7, 11) is 0. The minimum atomic E-state index is 0.599. The second kappa shape index (κ2) is 6.53. The molecule has 0 saturated carbocycles. The van der Waals surface area contributed by atoms with Gasteiger partial charge < -0.3 is 0 Å². The summed E-state index contributed by atoms with van der Waals surface area (Å²) in [4.78, 5) is 8.41. The van der Waals surface area contributed by atoms with E-state index in [-0.39, 0.29) is 0 Å². The molecule has 0 fully saturated rings.